The van der Waals surface area contributed by atoms with Crippen LogP contribution < -0.4 is 0 Å². The first-order valence-electron chi connectivity index (χ1n) is 7.74. The normalized spacial score (nSPS) is 34.8. The van der Waals surface area contributed by atoms with Crippen molar-refractivity contribution >= 4 is 0 Å². The molecule has 0 amide bonds. The van der Waals surface area contributed by atoms with E-state index in [4.69, 9.17) is 4.74 Å². The number of benzene rings is 1. The number of likely N-dealkylation sites (tertiary alicyclic amines) is 1. The van der Waals surface area contributed by atoms with Crippen molar-refractivity contribution in [2.75, 3.05) is 20.2 Å². The average molecular weight is 275 g/mol. The Morgan fingerprint density at radius 3 is 2.75 bits per heavy atom. The van der Waals surface area contributed by atoms with Gasteiger partial charge in [0.1, 0.15) is 0 Å². The minimum atomic E-state index is -0.363. The summed E-state index contributed by atoms with van der Waals surface area (Å²) < 4.78 is 5.52. The van der Waals surface area contributed by atoms with Crippen LogP contribution in [0.3, 0.4) is 0 Å². The lowest BCUT2D eigenvalue weighted by Gasteiger charge is -2.44. The standard InChI is InChI=1S/C17H25NO2/c1-12-10-16(18-9-5-6-13(11-18)20-2)17(19)15-8-4-3-7-14(12)15/h3-4,7-8,12-13,16-17,19H,5-6,9-11H2,1-2H3. The smallest absolute Gasteiger partial charge is 0.0948 e. The van der Waals surface area contributed by atoms with E-state index in [0.717, 1.165) is 37.9 Å². The van der Waals surface area contributed by atoms with Gasteiger partial charge in [-0.15, -0.1) is 0 Å². The van der Waals surface area contributed by atoms with Gasteiger partial charge in [-0.1, -0.05) is 31.2 Å². The number of rotatable bonds is 2. The molecule has 1 aromatic rings. The summed E-state index contributed by atoms with van der Waals surface area (Å²) in [6.07, 6.45) is 3.30. The molecule has 1 N–H and O–H groups in total. The summed E-state index contributed by atoms with van der Waals surface area (Å²) in [7, 11) is 1.80. The van der Waals surface area contributed by atoms with E-state index in [9.17, 15) is 5.11 Å². The molecule has 0 radical (unpaired) electrons. The van der Waals surface area contributed by atoms with Gasteiger partial charge in [0.25, 0.3) is 0 Å². The molecule has 1 fully saturated rings. The van der Waals surface area contributed by atoms with E-state index < -0.39 is 0 Å². The number of ether oxygens (including phenoxy) is 1. The van der Waals surface area contributed by atoms with Crippen molar-refractivity contribution < 1.29 is 9.84 Å². The molecule has 3 rings (SSSR count). The number of hydrogen-bond donors (Lipinski definition) is 1. The van der Waals surface area contributed by atoms with Crippen LogP contribution in [0, 0.1) is 0 Å². The second-order valence-electron chi connectivity index (χ2n) is 6.27. The van der Waals surface area contributed by atoms with E-state index in [-0.39, 0.29) is 12.1 Å². The van der Waals surface area contributed by atoms with Gasteiger partial charge in [-0.25, -0.2) is 0 Å². The largest absolute Gasteiger partial charge is 0.387 e. The number of fused-ring (bicyclic) bond motifs is 1. The maximum Gasteiger partial charge on any atom is 0.0948 e. The highest BCUT2D eigenvalue weighted by molar-refractivity contribution is 5.35. The minimum Gasteiger partial charge on any atom is -0.387 e. The summed E-state index contributed by atoms with van der Waals surface area (Å²) >= 11 is 0. The molecule has 0 spiro atoms. The molecule has 2 aliphatic rings. The van der Waals surface area contributed by atoms with Crippen LogP contribution in [0.4, 0.5) is 0 Å². The highest BCUT2D eigenvalue weighted by atomic mass is 16.5. The van der Waals surface area contributed by atoms with Crippen molar-refractivity contribution in [3.8, 4) is 0 Å². The lowest BCUT2D eigenvalue weighted by Crippen LogP contribution is -2.49. The van der Waals surface area contributed by atoms with E-state index in [1.54, 1.807) is 7.11 Å². The van der Waals surface area contributed by atoms with E-state index in [0.29, 0.717) is 12.0 Å². The van der Waals surface area contributed by atoms with Gasteiger partial charge in [0.05, 0.1) is 12.2 Å². The fraction of sp³-hybridized carbons (Fsp3) is 0.647. The van der Waals surface area contributed by atoms with E-state index in [1.807, 2.05) is 6.07 Å². The molecular weight excluding hydrogens is 250 g/mol. The molecule has 1 aromatic carbocycles. The molecule has 0 aromatic heterocycles. The summed E-state index contributed by atoms with van der Waals surface area (Å²) in [4.78, 5) is 2.44. The van der Waals surface area contributed by atoms with Crippen LogP contribution in [0.2, 0.25) is 0 Å². The van der Waals surface area contributed by atoms with Crippen molar-refractivity contribution in [2.45, 2.75) is 50.4 Å². The number of piperidine rings is 1. The second-order valence-corrected chi connectivity index (χ2v) is 6.27. The zero-order valence-electron chi connectivity index (χ0n) is 12.5. The van der Waals surface area contributed by atoms with Crippen molar-refractivity contribution in [3.63, 3.8) is 0 Å². The van der Waals surface area contributed by atoms with Gasteiger partial charge in [-0.2, -0.15) is 0 Å². The maximum atomic E-state index is 10.8. The van der Waals surface area contributed by atoms with Crippen molar-refractivity contribution in [3.05, 3.63) is 35.4 Å². The molecule has 3 nitrogen and oxygen atoms in total. The highest BCUT2D eigenvalue weighted by Gasteiger charge is 2.37. The first kappa shape index (κ1) is 14.1. The van der Waals surface area contributed by atoms with Crippen molar-refractivity contribution in [2.24, 2.45) is 0 Å². The summed E-state index contributed by atoms with van der Waals surface area (Å²) in [6, 6.07) is 8.58. The Hall–Kier alpha value is -0.900. The molecule has 4 unspecified atom stereocenters. The van der Waals surface area contributed by atoms with Crippen LogP contribution in [0.1, 0.15) is 49.3 Å². The summed E-state index contributed by atoms with van der Waals surface area (Å²) in [5.74, 6) is 0.516. The molecule has 1 saturated heterocycles. The third-order valence-corrected chi connectivity index (χ3v) is 5.02. The van der Waals surface area contributed by atoms with Gasteiger partial charge in [0, 0.05) is 19.7 Å². The highest BCUT2D eigenvalue weighted by Crippen LogP contribution is 2.40. The second kappa shape index (κ2) is 5.84. The fourth-order valence-corrected chi connectivity index (χ4v) is 3.86. The number of aliphatic hydroxyl groups is 1. The zero-order chi connectivity index (χ0) is 14.1. The van der Waals surface area contributed by atoms with Gasteiger partial charge in [0.2, 0.25) is 0 Å². The Kier molecular flexibility index (Phi) is 4.11. The Morgan fingerprint density at radius 1 is 1.25 bits per heavy atom. The van der Waals surface area contributed by atoms with Gasteiger partial charge < -0.3 is 9.84 Å². The van der Waals surface area contributed by atoms with Crippen molar-refractivity contribution in [1.29, 1.82) is 0 Å². The molecule has 1 aliphatic carbocycles. The molecule has 0 saturated carbocycles. The monoisotopic (exact) mass is 275 g/mol. The molecular formula is C17H25NO2. The van der Waals surface area contributed by atoms with Crippen LogP contribution >= 0.6 is 0 Å². The molecule has 0 bridgehead atoms. The van der Waals surface area contributed by atoms with Gasteiger partial charge >= 0.3 is 0 Å². The predicted molar refractivity (Wildman–Crippen MR) is 79.8 cm³/mol. The Morgan fingerprint density at radius 2 is 2.00 bits per heavy atom. The summed E-state index contributed by atoms with van der Waals surface area (Å²) in [5.41, 5.74) is 2.44. The number of hydrogen-bond acceptors (Lipinski definition) is 3. The van der Waals surface area contributed by atoms with Crippen LogP contribution in [-0.2, 0) is 4.74 Å². The van der Waals surface area contributed by atoms with Crippen molar-refractivity contribution in [1.82, 2.24) is 4.90 Å². The zero-order valence-corrected chi connectivity index (χ0v) is 12.5. The Bertz CT molecular complexity index is 462. The van der Waals surface area contributed by atoms with E-state index >= 15 is 0 Å². The lowest BCUT2D eigenvalue weighted by molar-refractivity contribution is -0.0284. The Balaban J connectivity index is 1.82. The maximum absolute atomic E-state index is 10.8. The molecule has 20 heavy (non-hydrogen) atoms. The van der Waals surface area contributed by atoms with Gasteiger partial charge in [-0.05, 0) is 42.9 Å². The van der Waals surface area contributed by atoms with Crippen LogP contribution in [0.15, 0.2) is 24.3 Å². The SMILES string of the molecule is COC1CCCN(C2CC(C)c3ccccc3C2O)C1. The van der Waals surface area contributed by atoms with Gasteiger partial charge in [-0.3, -0.25) is 4.90 Å². The topological polar surface area (TPSA) is 32.7 Å². The minimum absolute atomic E-state index is 0.234. The summed E-state index contributed by atoms with van der Waals surface area (Å²) in [5, 5.41) is 10.8. The third-order valence-electron chi connectivity index (χ3n) is 5.02. The molecule has 1 aliphatic heterocycles. The quantitative estimate of drug-likeness (QED) is 0.901. The van der Waals surface area contributed by atoms with Crippen LogP contribution in [-0.4, -0.2) is 42.4 Å². The average Bonchev–Trinajstić information content (AvgIpc) is 2.51. The first-order chi connectivity index (χ1) is 9.70. The third kappa shape index (κ3) is 2.50. The molecule has 3 heteroatoms. The predicted octanol–water partition coefficient (Wildman–Crippen LogP) is 2.71. The molecule has 1 heterocycles. The van der Waals surface area contributed by atoms with Crippen LogP contribution in [0.25, 0.3) is 0 Å². The number of methoxy groups -OCH3 is 1. The lowest BCUT2D eigenvalue weighted by atomic mass is 9.78. The van der Waals surface area contributed by atoms with Gasteiger partial charge in [0.15, 0.2) is 0 Å². The molecule has 110 valence electrons. The number of aliphatic hydroxyl groups excluding tert-OH is 1. The van der Waals surface area contributed by atoms with E-state index in [1.165, 1.54) is 5.56 Å². The first-order valence-corrected chi connectivity index (χ1v) is 7.74. The van der Waals surface area contributed by atoms with E-state index in [2.05, 4.69) is 30.0 Å². The Labute approximate surface area is 121 Å². The molecule has 4 atom stereocenters. The van der Waals surface area contributed by atoms with Crippen LogP contribution in [0.5, 0.6) is 0 Å². The number of nitrogens with zero attached hydrogens (tertiary/aromatic N) is 1. The fourth-order valence-electron chi connectivity index (χ4n) is 3.86. The summed E-state index contributed by atoms with van der Waals surface area (Å²) in [6.45, 7) is 4.30.